The molecule has 0 aromatic rings. The van der Waals surface area contributed by atoms with E-state index in [2.05, 4.69) is 27.4 Å². The first-order chi connectivity index (χ1) is 16.7. The Balaban J connectivity index is 4.43. The van der Waals surface area contributed by atoms with Gasteiger partial charge in [-0.1, -0.05) is 130 Å². The number of hydrogen-bond donors (Lipinski definition) is 0. The molecule has 0 bridgehead atoms. The molecule has 0 aliphatic heterocycles. The van der Waals surface area contributed by atoms with Crippen molar-refractivity contribution in [1.29, 1.82) is 0 Å². The van der Waals surface area contributed by atoms with Gasteiger partial charge in [-0.05, 0) is 19.3 Å². The van der Waals surface area contributed by atoms with Crippen LogP contribution in [0.25, 0.3) is 0 Å². The first-order valence-corrected chi connectivity index (χ1v) is 16.2. The minimum atomic E-state index is -3.34. The smallest absolute Gasteiger partial charge is 0.350 e. The van der Waals surface area contributed by atoms with Gasteiger partial charge in [-0.2, -0.15) is 4.58 Å². The van der Waals surface area contributed by atoms with Gasteiger partial charge in [0.1, 0.15) is 0 Å². The van der Waals surface area contributed by atoms with E-state index in [1.54, 1.807) is 6.08 Å². The second kappa shape index (κ2) is 27.3. The number of unbranched alkanes of at least 4 members (excludes halogenated alkanes) is 16. The van der Waals surface area contributed by atoms with Crippen LogP contribution < -0.4 is 0 Å². The summed E-state index contributed by atoms with van der Waals surface area (Å²) in [6, 6.07) is 0. The minimum Gasteiger partial charge on any atom is -0.350 e. The highest BCUT2D eigenvalue weighted by Gasteiger charge is 2.47. The molecule has 0 spiro atoms. The van der Waals surface area contributed by atoms with E-state index >= 15 is 0 Å². The summed E-state index contributed by atoms with van der Waals surface area (Å²) < 4.78 is 24.0. The molecular weight excluding hydrogens is 444 g/mol. The lowest BCUT2D eigenvalue weighted by molar-refractivity contribution is -0.274. The molecule has 0 atom stereocenters. The highest BCUT2D eigenvalue weighted by Crippen LogP contribution is 2.17. The Labute approximate surface area is 213 Å². The van der Waals surface area contributed by atoms with E-state index in [1.165, 1.54) is 77.0 Å². The summed E-state index contributed by atoms with van der Waals surface area (Å²) in [5.74, 6) is 0. The molecule has 6 heteroatoms. The molecule has 204 valence electrons. The Bertz CT molecular complexity index is 386. The zero-order valence-corrected chi connectivity index (χ0v) is 24.1. The molecule has 0 aromatic carbocycles. The van der Waals surface area contributed by atoms with Gasteiger partial charge in [0, 0.05) is 13.2 Å². The molecule has 0 fully saturated rings. The summed E-state index contributed by atoms with van der Waals surface area (Å²) in [5, 5.41) is 0. The lowest BCUT2D eigenvalue weighted by Crippen LogP contribution is -2.50. The van der Waals surface area contributed by atoms with Gasteiger partial charge in [-0.3, -0.25) is 0 Å². The van der Waals surface area contributed by atoms with E-state index in [4.69, 9.17) is 22.7 Å². The molecule has 0 rings (SSSR count). The third-order valence-corrected chi connectivity index (χ3v) is 7.88. The minimum absolute atomic E-state index is 0.333. The van der Waals surface area contributed by atoms with Crippen molar-refractivity contribution in [2.45, 2.75) is 143 Å². The fraction of sp³-hybridized carbons (Fsp3) is 0.929. The lowest BCUT2D eigenvalue weighted by atomic mass is 10.1. The maximum Gasteiger partial charge on any atom is 0.708 e. The standard InChI is InChI=1S/C28H58O5Si/c1-5-9-12-14-16-18-20-23-27-31-34(30-25-8-4,33-29-26-22-11-7-3)32-28-24-21-19-17-15-13-10-6-2/h8H,4-7,9-28H2,1-3H3. The van der Waals surface area contributed by atoms with Gasteiger partial charge in [0.2, 0.25) is 0 Å². The average Bonchev–Trinajstić information content (AvgIpc) is 2.85. The largest absolute Gasteiger partial charge is 0.708 e. The quantitative estimate of drug-likeness (QED) is 0.0335. The highest BCUT2D eigenvalue weighted by molar-refractivity contribution is 6.53. The van der Waals surface area contributed by atoms with E-state index in [1.807, 2.05) is 0 Å². The van der Waals surface area contributed by atoms with Crippen molar-refractivity contribution in [3.63, 3.8) is 0 Å². The topological polar surface area (TPSA) is 46.2 Å². The highest BCUT2D eigenvalue weighted by atomic mass is 28.4. The number of hydrogen-bond acceptors (Lipinski definition) is 5. The fourth-order valence-corrected chi connectivity index (χ4v) is 5.48. The Morgan fingerprint density at radius 2 is 0.882 bits per heavy atom. The summed E-state index contributed by atoms with van der Waals surface area (Å²) >= 11 is 0. The van der Waals surface area contributed by atoms with Crippen molar-refractivity contribution in [3.8, 4) is 0 Å². The zero-order chi connectivity index (χ0) is 25.0. The molecule has 0 heterocycles. The molecule has 0 unspecified atom stereocenters. The first kappa shape index (κ1) is 33.8. The normalized spacial score (nSPS) is 11.9. The van der Waals surface area contributed by atoms with Gasteiger partial charge in [0.25, 0.3) is 0 Å². The van der Waals surface area contributed by atoms with E-state index in [0.29, 0.717) is 26.4 Å². The molecule has 34 heavy (non-hydrogen) atoms. The van der Waals surface area contributed by atoms with E-state index in [-0.39, 0.29) is 0 Å². The summed E-state index contributed by atoms with van der Waals surface area (Å²) in [6.07, 6.45) is 25.0. The molecule has 0 N–H and O–H groups in total. The van der Waals surface area contributed by atoms with Gasteiger partial charge < -0.3 is 13.3 Å². The maximum absolute atomic E-state index is 6.15. The molecule has 0 saturated heterocycles. The van der Waals surface area contributed by atoms with Crippen molar-refractivity contribution in [1.82, 2.24) is 0 Å². The van der Waals surface area contributed by atoms with Crippen LogP contribution in [-0.2, 0) is 22.7 Å². The van der Waals surface area contributed by atoms with E-state index < -0.39 is 9.05 Å². The third kappa shape index (κ3) is 22.2. The molecule has 0 aliphatic carbocycles. The van der Waals surface area contributed by atoms with Crippen LogP contribution in [0.5, 0.6) is 0 Å². The molecule has 0 saturated carbocycles. The van der Waals surface area contributed by atoms with Crippen LogP contribution in [0, 0.1) is 0 Å². The number of rotatable bonds is 29. The predicted octanol–water partition coefficient (Wildman–Crippen LogP) is 9.08. The van der Waals surface area contributed by atoms with Crippen LogP contribution in [0.1, 0.15) is 143 Å². The summed E-state index contributed by atoms with van der Waals surface area (Å²) in [5.41, 5.74) is 0. The molecular formula is C28H58O5Si. The zero-order valence-electron chi connectivity index (χ0n) is 23.1. The second-order valence-corrected chi connectivity index (χ2v) is 11.4. The summed E-state index contributed by atoms with van der Waals surface area (Å²) in [6.45, 7) is 12.5. The van der Waals surface area contributed by atoms with Crippen LogP contribution >= 0.6 is 0 Å². The Hall–Kier alpha value is -0.243. The molecule has 0 aliphatic rings. The van der Waals surface area contributed by atoms with Gasteiger partial charge in [-0.15, -0.1) is 6.58 Å². The van der Waals surface area contributed by atoms with Crippen LogP contribution in [0.2, 0.25) is 0 Å². The van der Waals surface area contributed by atoms with Crippen molar-refractivity contribution in [2.24, 2.45) is 0 Å². The van der Waals surface area contributed by atoms with Crippen molar-refractivity contribution >= 4 is 9.05 Å². The second-order valence-electron chi connectivity index (χ2n) is 9.36. The SMILES string of the molecule is C=CCO[Si](OCCCCCCCCCC)(OCCCCCCCCCC)OOCCCCC. The molecule has 0 radical (unpaired) electrons. The van der Waals surface area contributed by atoms with Crippen molar-refractivity contribution < 1.29 is 22.7 Å². The predicted molar refractivity (Wildman–Crippen MR) is 146 cm³/mol. The molecule has 5 nitrogen and oxygen atoms in total. The van der Waals surface area contributed by atoms with E-state index in [9.17, 15) is 0 Å². The Morgan fingerprint density at radius 3 is 1.32 bits per heavy atom. The maximum atomic E-state index is 6.15. The lowest BCUT2D eigenvalue weighted by Gasteiger charge is -2.26. The van der Waals surface area contributed by atoms with Gasteiger partial charge in [0.05, 0.1) is 13.2 Å². The molecule has 0 amide bonds. The Kier molecular flexibility index (Phi) is 27.2. The fourth-order valence-electron chi connectivity index (χ4n) is 3.75. The average molecular weight is 503 g/mol. The monoisotopic (exact) mass is 502 g/mol. The van der Waals surface area contributed by atoms with E-state index in [0.717, 1.165) is 44.9 Å². The molecule has 0 aromatic heterocycles. The van der Waals surface area contributed by atoms with Crippen molar-refractivity contribution in [3.05, 3.63) is 12.7 Å². The first-order valence-electron chi connectivity index (χ1n) is 14.6. The Morgan fingerprint density at radius 1 is 0.500 bits per heavy atom. The van der Waals surface area contributed by atoms with Crippen LogP contribution in [0.15, 0.2) is 12.7 Å². The summed E-state index contributed by atoms with van der Waals surface area (Å²) in [4.78, 5) is 5.52. The van der Waals surface area contributed by atoms with Crippen LogP contribution in [-0.4, -0.2) is 35.5 Å². The van der Waals surface area contributed by atoms with Gasteiger partial charge in [-0.25, -0.2) is 4.89 Å². The van der Waals surface area contributed by atoms with Gasteiger partial charge in [0.15, 0.2) is 0 Å². The third-order valence-electron chi connectivity index (χ3n) is 5.92. The van der Waals surface area contributed by atoms with Crippen LogP contribution in [0.4, 0.5) is 0 Å². The van der Waals surface area contributed by atoms with Crippen LogP contribution in [0.3, 0.4) is 0 Å². The van der Waals surface area contributed by atoms with Crippen molar-refractivity contribution in [2.75, 3.05) is 26.4 Å². The summed E-state index contributed by atoms with van der Waals surface area (Å²) in [7, 11) is -3.34. The van der Waals surface area contributed by atoms with Gasteiger partial charge >= 0.3 is 9.05 Å².